The molecular formula is C18H22ClN2O+. The summed E-state index contributed by atoms with van der Waals surface area (Å²) < 4.78 is 0. The van der Waals surface area contributed by atoms with Crippen LogP contribution < -0.4 is 10.6 Å². The molecule has 0 radical (unpaired) electrons. The first kappa shape index (κ1) is 16.5. The van der Waals surface area contributed by atoms with Crippen molar-refractivity contribution in [2.45, 2.75) is 26.3 Å². The lowest BCUT2D eigenvalue weighted by Crippen LogP contribution is -2.86. The number of rotatable bonds is 6. The van der Waals surface area contributed by atoms with Crippen molar-refractivity contribution in [3.05, 3.63) is 64.7 Å². The quantitative estimate of drug-likeness (QED) is 0.844. The molecule has 0 aromatic heterocycles. The van der Waals surface area contributed by atoms with Crippen LogP contribution in [0, 0.1) is 0 Å². The summed E-state index contributed by atoms with van der Waals surface area (Å²) in [6.45, 7) is 4.51. The highest BCUT2D eigenvalue weighted by Crippen LogP contribution is 2.19. The van der Waals surface area contributed by atoms with Crippen LogP contribution in [0.5, 0.6) is 0 Å². The van der Waals surface area contributed by atoms with Gasteiger partial charge in [0.15, 0.2) is 6.54 Å². The molecule has 0 saturated carbocycles. The van der Waals surface area contributed by atoms with Crippen molar-refractivity contribution >= 4 is 23.2 Å². The number of nitrogens with two attached hydrogens (primary N) is 1. The number of hydrogen-bond acceptors (Lipinski definition) is 1. The number of aryl methyl sites for hydroxylation is 1. The molecule has 3 nitrogen and oxygen atoms in total. The van der Waals surface area contributed by atoms with Crippen LogP contribution in [0.25, 0.3) is 0 Å². The Kier molecular flexibility index (Phi) is 5.99. The minimum atomic E-state index is -0.00726. The largest absolute Gasteiger partial charge is 0.332 e. The molecule has 1 amide bonds. The van der Waals surface area contributed by atoms with E-state index in [0.29, 0.717) is 6.54 Å². The van der Waals surface area contributed by atoms with E-state index < -0.39 is 0 Å². The molecule has 2 rings (SSSR count). The summed E-state index contributed by atoms with van der Waals surface area (Å²) in [6.07, 6.45) is 0.958. The predicted octanol–water partition coefficient (Wildman–Crippen LogP) is 3.17. The van der Waals surface area contributed by atoms with E-state index in [2.05, 4.69) is 18.3 Å². The highest BCUT2D eigenvalue weighted by atomic mass is 35.5. The number of carbonyl (C=O) groups excluding carboxylic acids is 1. The standard InChI is InChI=1S/C18H21ClN2O/c1-3-14-7-6-8-15(11-14)21-18(22)12-20-13(2)16-9-4-5-10-17(16)19/h4-11,13,20H,3,12H2,1-2H3,(H,21,22)/p+1/t13-/m1/s1. The molecule has 2 aromatic rings. The first-order valence-corrected chi connectivity index (χ1v) is 7.94. The van der Waals surface area contributed by atoms with Crippen LogP contribution in [-0.4, -0.2) is 12.5 Å². The molecule has 3 N–H and O–H groups in total. The third-order valence-corrected chi connectivity index (χ3v) is 4.02. The third kappa shape index (κ3) is 4.58. The Morgan fingerprint density at radius 3 is 2.73 bits per heavy atom. The zero-order valence-corrected chi connectivity index (χ0v) is 13.7. The molecular weight excluding hydrogens is 296 g/mol. The molecule has 0 saturated heterocycles. The van der Waals surface area contributed by atoms with E-state index >= 15 is 0 Å². The molecule has 4 heteroatoms. The van der Waals surface area contributed by atoms with Gasteiger partial charge in [-0.25, -0.2) is 0 Å². The molecule has 0 aliphatic carbocycles. The summed E-state index contributed by atoms with van der Waals surface area (Å²) in [5, 5.41) is 5.66. The Morgan fingerprint density at radius 1 is 1.23 bits per heavy atom. The maximum Gasteiger partial charge on any atom is 0.279 e. The van der Waals surface area contributed by atoms with E-state index in [9.17, 15) is 4.79 Å². The molecule has 116 valence electrons. The van der Waals surface area contributed by atoms with E-state index in [-0.39, 0.29) is 11.9 Å². The second-order valence-electron chi connectivity index (χ2n) is 5.35. The number of carbonyl (C=O) groups is 1. The Bertz CT molecular complexity index is 642. The normalized spacial score (nSPS) is 12.0. The number of anilines is 1. The summed E-state index contributed by atoms with van der Waals surface area (Å²) in [5.41, 5.74) is 3.11. The molecule has 22 heavy (non-hydrogen) atoms. The Balaban J connectivity index is 1.88. The number of benzene rings is 2. The van der Waals surface area contributed by atoms with Crippen molar-refractivity contribution in [2.75, 3.05) is 11.9 Å². The monoisotopic (exact) mass is 317 g/mol. The maximum absolute atomic E-state index is 12.1. The average Bonchev–Trinajstić information content (AvgIpc) is 2.53. The van der Waals surface area contributed by atoms with Crippen LogP contribution in [-0.2, 0) is 11.2 Å². The van der Waals surface area contributed by atoms with E-state index in [1.165, 1.54) is 5.56 Å². The number of quaternary nitrogens is 1. The van der Waals surface area contributed by atoms with Gasteiger partial charge in [-0.15, -0.1) is 0 Å². The van der Waals surface area contributed by atoms with E-state index in [1.807, 2.05) is 54.7 Å². The van der Waals surface area contributed by atoms with Gasteiger partial charge >= 0.3 is 0 Å². The lowest BCUT2D eigenvalue weighted by Gasteiger charge is -2.12. The lowest BCUT2D eigenvalue weighted by molar-refractivity contribution is -0.682. The van der Waals surface area contributed by atoms with Gasteiger partial charge in [0, 0.05) is 16.3 Å². The third-order valence-electron chi connectivity index (χ3n) is 3.67. The van der Waals surface area contributed by atoms with Gasteiger partial charge in [-0.05, 0) is 37.1 Å². The number of amides is 1. The Labute approximate surface area is 136 Å². The molecule has 1 atom stereocenters. The highest BCUT2D eigenvalue weighted by molar-refractivity contribution is 6.31. The summed E-state index contributed by atoms with van der Waals surface area (Å²) >= 11 is 6.18. The van der Waals surface area contributed by atoms with Gasteiger partial charge in [-0.1, -0.05) is 48.9 Å². The predicted molar refractivity (Wildman–Crippen MR) is 91.1 cm³/mol. The number of halogens is 1. The van der Waals surface area contributed by atoms with E-state index in [1.54, 1.807) is 0 Å². The molecule has 0 spiro atoms. The first-order valence-electron chi connectivity index (χ1n) is 7.56. The van der Waals surface area contributed by atoms with Crippen molar-refractivity contribution in [1.29, 1.82) is 0 Å². The fourth-order valence-electron chi connectivity index (χ4n) is 2.34. The minimum absolute atomic E-state index is 0.00726. The van der Waals surface area contributed by atoms with Crippen molar-refractivity contribution in [1.82, 2.24) is 0 Å². The zero-order chi connectivity index (χ0) is 15.9. The summed E-state index contributed by atoms with van der Waals surface area (Å²) in [6, 6.07) is 15.8. The second-order valence-corrected chi connectivity index (χ2v) is 5.76. The Morgan fingerprint density at radius 2 is 2.00 bits per heavy atom. The molecule has 2 aromatic carbocycles. The van der Waals surface area contributed by atoms with Crippen molar-refractivity contribution in [3.63, 3.8) is 0 Å². The van der Waals surface area contributed by atoms with E-state index in [4.69, 9.17) is 11.6 Å². The van der Waals surface area contributed by atoms with Crippen LogP contribution in [0.1, 0.15) is 31.0 Å². The molecule has 0 bridgehead atoms. The maximum atomic E-state index is 12.1. The summed E-state index contributed by atoms with van der Waals surface area (Å²) in [4.78, 5) is 12.1. The summed E-state index contributed by atoms with van der Waals surface area (Å²) in [5.74, 6) is -0.00726. The SMILES string of the molecule is CCc1cccc(NC(=O)C[NH2+][C@H](C)c2ccccc2Cl)c1. The first-order chi connectivity index (χ1) is 10.6. The van der Waals surface area contributed by atoms with Crippen LogP contribution in [0.15, 0.2) is 48.5 Å². The molecule has 0 fully saturated rings. The molecule has 0 heterocycles. The van der Waals surface area contributed by atoms with Gasteiger partial charge in [-0.2, -0.15) is 0 Å². The fourth-order valence-corrected chi connectivity index (χ4v) is 2.64. The number of hydrogen-bond donors (Lipinski definition) is 2. The van der Waals surface area contributed by atoms with Crippen LogP contribution in [0.4, 0.5) is 5.69 Å². The Hall–Kier alpha value is -1.84. The van der Waals surface area contributed by atoms with Gasteiger partial charge < -0.3 is 10.6 Å². The van der Waals surface area contributed by atoms with E-state index in [0.717, 1.165) is 22.7 Å². The highest BCUT2D eigenvalue weighted by Gasteiger charge is 2.14. The topological polar surface area (TPSA) is 45.7 Å². The zero-order valence-electron chi connectivity index (χ0n) is 13.0. The lowest BCUT2D eigenvalue weighted by atomic mass is 10.1. The minimum Gasteiger partial charge on any atom is -0.332 e. The van der Waals surface area contributed by atoms with Gasteiger partial charge in [0.1, 0.15) is 6.04 Å². The second kappa shape index (κ2) is 7.97. The van der Waals surface area contributed by atoms with Gasteiger partial charge in [0.25, 0.3) is 5.91 Å². The smallest absolute Gasteiger partial charge is 0.279 e. The van der Waals surface area contributed by atoms with Crippen LogP contribution in [0.3, 0.4) is 0 Å². The van der Waals surface area contributed by atoms with Gasteiger partial charge in [-0.3, -0.25) is 4.79 Å². The van der Waals surface area contributed by atoms with Gasteiger partial charge in [0.2, 0.25) is 0 Å². The fraction of sp³-hybridized carbons (Fsp3) is 0.278. The van der Waals surface area contributed by atoms with Crippen molar-refractivity contribution in [3.8, 4) is 0 Å². The number of nitrogens with one attached hydrogen (secondary N) is 1. The van der Waals surface area contributed by atoms with Gasteiger partial charge in [0.05, 0.1) is 0 Å². The molecule has 0 unspecified atom stereocenters. The van der Waals surface area contributed by atoms with Crippen LogP contribution in [0.2, 0.25) is 5.02 Å². The molecule has 0 aliphatic heterocycles. The average molecular weight is 318 g/mol. The molecule has 0 aliphatic rings. The summed E-state index contributed by atoms with van der Waals surface area (Å²) in [7, 11) is 0. The van der Waals surface area contributed by atoms with Crippen molar-refractivity contribution in [2.24, 2.45) is 0 Å². The van der Waals surface area contributed by atoms with Crippen molar-refractivity contribution < 1.29 is 10.1 Å². The van der Waals surface area contributed by atoms with Crippen LogP contribution >= 0.6 is 11.6 Å².